The van der Waals surface area contributed by atoms with E-state index in [1.54, 1.807) is 0 Å². The van der Waals surface area contributed by atoms with Crippen LogP contribution in [0.3, 0.4) is 0 Å². The van der Waals surface area contributed by atoms with Crippen molar-refractivity contribution in [3.05, 3.63) is 35.4 Å². The summed E-state index contributed by atoms with van der Waals surface area (Å²) in [6.07, 6.45) is 0. The van der Waals surface area contributed by atoms with E-state index in [0.29, 0.717) is 11.7 Å². The van der Waals surface area contributed by atoms with Gasteiger partial charge in [-0.2, -0.15) is 0 Å². The predicted molar refractivity (Wildman–Crippen MR) is 67.6 cm³/mol. The molecular formula is C11H15N3OS. The largest absolute Gasteiger partial charge is 0.357 e. The molecule has 4 nitrogen and oxygen atoms in total. The molecule has 0 atom stereocenters. The highest BCUT2D eigenvalue weighted by molar-refractivity contribution is 7.80. The van der Waals surface area contributed by atoms with Crippen molar-refractivity contribution in [1.29, 1.82) is 0 Å². The van der Waals surface area contributed by atoms with Crippen LogP contribution < -0.4 is 16.2 Å². The number of hydrazine groups is 1. The summed E-state index contributed by atoms with van der Waals surface area (Å²) in [5, 5.41) is 3.38. The fraction of sp³-hybridized carbons (Fsp3) is 0.273. The molecule has 1 amide bonds. The van der Waals surface area contributed by atoms with Crippen LogP contribution in [-0.4, -0.2) is 11.0 Å². The molecule has 1 rings (SSSR count). The van der Waals surface area contributed by atoms with Gasteiger partial charge >= 0.3 is 0 Å². The molecule has 0 fully saturated rings. The van der Waals surface area contributed by atoms with Gasteiger partial charge in [-0.15, -0.1) is 0 Å². The Morgan fingerprint density at radius 3 is 2.44 bits per heavy atom. The standard InChI is InChI=1S/C11H15N3OS/c1-8-3-5-10(6-4-8)7-12-11(16)14-13-9(2)15/h3-6H,7H2,1-2H3,(H,13,15)(H2,12,14,16). The molecule has 5 heteroatoms. The zero-order valence-corrected chi connectivity index (χ0v) is 10.1. The van der Waals surface area contributed by atoms with Gasteiger partial charge in [-0.1, -0.05) is 29.8 Å². The lowest BCUT2D eigenvalue weighted by molar-refractivity contribution is -0.119. The van der Waals surface area contributed by atoms with Gasteiger partial charge in [0, 0.05) is 13.5 Å². The fourth-order valence-electron chi connectivity index (χ4n) is 1.08. The Bertz CT molecular complexity index is 375. The molecule has 16 heavy (non-hydrogen) atoms. The van der Waals surface area contributed by atoms with E-state index < -0.39 is 0 Å². The molecule has 0 heterocycles. The van der Waals surface area contributed by atoms with Gasteiger partial charge in [-0.05, 0) is 24.7 Å². The fourth-order valence-corrected chi connectivity index (χ4v) is 1.20. The molecule has 0 radical (unpaired) electrons. The molecule has 86 valence electrons. The topological polar surface area (TPSA) is 53.2 Å². The minimum Gasteiger partial charge on any atom is -0.357 e. The molecule has 1 aromatic rings. The quantitative estimate of drug-likeness (QED) is 0.531. The smallest absolute Gasteiger partial charge is 0.235 e. The maximum absolute atomic E-state index is 10.6. The first-order valence-electron chi connectivity index (χ1n) is 4.94. The molecule has 0 saturated carbocycles. The summed E-state index contributed by atoms with van der Waals surface area (Å²) in [6, 6.07) is 8.15. The van der Waals surface area contributed by atoms with Crippen LogP contribution in [0.1, 0.15) is 18.1 Å². The molecule has 0 saturated heterocycles. The summed E-state index contributed by atoms with van der Waals surface area (Å²) in [5.41, 5.74) is 7.34. The number of nitrogens with one attached hydrogen (secondary N) is 3. The summed E-state index contributed by atoms with van der Waals surface area (Å²) in [6.45, 7) is 4.08. The summed E-state index contributed by atoms with van der Waals surface area (Å²) in [5.74, 6) is -0.181. The van der Waals surface area contributed by atoms with Crippen LogP contribution >= 0.6 is 12.2 Å². The van der Waals surface area contributed by atoms with Crippen molar-refractivity contribution in [3.63, 3.8) is 0 Å². The van der Waals surface area contributed by atoms with Crippen molar-refractivity contribution in [2.75, 3.05) is 0 Å². The predicted octanol–water partition coefficient (Wildman–Crippen LogP) is 1.01. The van der Waals surface area contributed by atoms with Gasteiger partial charge in [-0.25, -0.2) is 0 Å². The Morgan fingerprint density at radius 2 is 1.88 bits per heavy atom. The normalized spacial score (nSPS) is 9.38. The number of benzene rings is 1. The van der Waals surface area contributed by atoms with E-state index in [-0.39, 0.29) is 5.91 Å². The first-order valence-corrected chi connectivity index (χ1v) is 5.34. The minimum absolute atomic E-state index is 0.181. The Balaban J connectivity index is 2.31. The van der Waals surface area contributed by atoms with Crippen LogP contribution in [0, 0.1) is 6.92 Å². The van der Waals surface area contributed by atoms with E-state index in [1.165, 1.54) is 12.5 Å². The van der Waals surface area contributed by atoms with Crippen molar-refractivity contribution in [2.45, 2.75) is 20.4 Å². The molecule has 0 aromatic heterocycles. The van der Waals surface area contributed by atoms with Gasteiger partial charge in [0.2, 0.25) is 5.91 Å². The van der Waals surface area contributed by atoms with Crippen molar-refractivity contribution >= 4 is 23.2 Å². The molecule has 0 aliphatic rings. The molecule has 1 aromatic carbocycles. The SMILES string of the molecule is CC(=O)NNC(=S)NCc1ccc(C)cc1. The van der Waals surface area contributed by atoms with E-state index in [2.05, 4.69) is 16.2 Å². The number of carbonyl (C=O) groups excluding carboxylic acids is 1. The minimum atomic E-state index is -0.181. The molecule has 0 bridgehead atoms. The average molecular weight is 237 g/mol. The Morgan fingerprint density at radius 1 is 1.25 bits per heavy atom. The highest BCUT2D eigenvalue weighted by Crippen LogP contribution is 2.02. The van der Waals surface area contributed by atoms with Crippen molar-refractivity contribution in [1.82, 2.24) is 16.2 Å². The summed E-state index contributed by atoms with van der Waals surface area (Å²) < 4.78 is 0. The van der Waals surface area contributed by atoms with Gasteiger partial charge in [0.25, 0.3) is 0 Å². The number of carbonyl (C=O) groups is 1. The lowest BCUT2D eigenvalue weighted by atomic mass is 10.1. The van der Waals surface area contributed by atoms with Crippen molar-refractivity contribution < 1.29 is 4.79 Å². The number of hydrogen-bond acceptors (Lipinski definition) is 2. The van der Waals surface area contributed by atoms with E-state index >= 15 is 0 Å². The van der Waals surface area contributed by atoms with Crippen LogP contribution in [0.25, 0.3) is 0 Å². The Labute approximate surface area is 100 Å². The zero-order valence-electron chi connectivity index (χ0n) is 9.33. The molecule has 0 spiro atoms. The van der Waals surface area contributed by atoms with Gasteiger partial charge in [0.05, 0.1) is 0 Å². The number of hydrogen-bond donors (Lipinski definition) is 3. The third-order valence-electron chi connectivity index (χ3n) is 1.93. The number of aryl methyl sites for hydroxylation is 1. The first-order chi connectivity index (χ1) is 7.58. The monoisotopic (exact) mass is 237 g/mol. The molecular weight excluding hydrogens is 222 g/mol. The van der Waals surface area contributed by atoms with Gasteiger partial charge in [-0.3, -0.25) is 15.6 Å². The third kappa shape index (κ3) is 4.75. The second kappa shape index (κ2) is 6.07. The maximum Gasteiger partial charge on any atom is 0.235 e. The maximum atomic E-state index is 10.6. The summed E-state index contributed by atoms with van der Waals surface area (Å²) in [7, 11) is 0. The molecule has 0 aliphatic heterocycles. The van der Waals surface area contributed by atoms with Crippen LogP contribution in [0.15, 0.2) is 24.3 Å². The zero-order chi connectivity index (χ0) is 12.0. The highest BCUT2D eigenvalue weighted by Gasteiger charge is 1.96. The Kier molecular flexibility index (Phi) is 4.72. The summed E-state index contributed by atoms with van der Waals surface area (Å²) in [4.78, 5) is 10.6. The van der Waals surface area contributed by atoms with E-state index in [1.807, 2.05) is 31.2 Å². The van der Waals surface area contributed by atoms with Crippen LogP contribution in [-0.2, 0) is 11.3 Å². The van der Waals surface area contributed by atoms with Crippen LogP contribution in [0.4, 0.5) is 0 Å². The lowest BCUT2D eigenvalue weighted by Crippen LogP contribution is -2.45. The summed E-state index contributed by atoms with van der Waals surface area (Å²) >= 11 is 4.96. The molecule has 3 N–H and O–H groups in total. The van der Waals surface area contributed by atoms with Gasteiger partial charge in [0.15, 0.2) is 5.11 Å². The van der Waals surface area contributed by atoms with Gasteiger partial charge < -0.3 is 5.32 Å². The molecule has 0 unspecified atom stereocenters. The first kappa shape index (κ1) is 12.4. The second-order valence-electron chi connectivity index (χ2n) is 3.47. The van der Waals surface area contributed by atoms with Crippen molar-refractivity contribution in [3.8, 4) is 0 Å². The lowest BCUT2D eigenvalue weighted by Gasteiger charge is -2.10. The number of thiocarbonyl (C=S) groups is 1. The highest BCUT2D eigenvalue weighted by atomic mass is 32.1. The molecule has 0 aliphatic carbocycles. The van der Waals surface area contributed by atoms with Crippen LogP contribution in [0.2, 0.25) is 0 Å². The van der Waals surface area contributed by atoms with E-state index in [4.69, 9.17) is 12.2 Å². The van der Waals surface area contributed by atoms with Gasteiger partial charge in [0.1, 0.15) is 0 Å². The second-order valence-corrected chi connectivity index (χ2v) is 3.88. The average Bonchev–Trinajstić information content (AvgIpc) is 2.25. The third-order valence-corrected chi connectivity index (χ3v) is 2.17. The van der Waals surface area contributed by atoms with E-state index in [0.717, 1.165) is 5.56 Å². The Hall–Kier alpha value is -1.62. The van der Waals surface area contributed by atoms with Crippen LogP contribution in [0.5, 0.6) is 0 Å². The number of rotatable bonds is 2. The van der Waals surface area contributed by atoms with Crippen molar-refractivity contribution in [2.24, 2.45) is 0 Å². The number of amides is 1. The van der Waals surface area contributed by atoms with E-state index in [9.17, 15) is 4.79 Å².